The summed E-state index contributed by atoms with van der Waals surface area (Å²) in [6.07, 6.45) is 4.06. The van der Waals surface area contributed by atoms with Crippen LogP contribution in [0.4, 0.5) is 18.9 Å². The number of amides is 3. The van der Waals surface area contributed by atoms with E-state index >= 15 is 4.39 Å². The Morgan fingerprint density at radius 1 is 1.00 bits per heavy atom. The van der Waals surface area contributed by atoms with Crippen LogP contribution in [0, 0.1) is 5.82 Å². The summed E-state index contributed by atoms with van der Waals surface area (Å²) in [5, 5.41) is 2.93. The quantitative estimate of drug-likeness (QED) is 0.145. The molecule has 0 spiro atoms. The van der Waals surface area contributed by atoms with Gasteiger partial charge in [0.2, 0.25) is 11.8 Å². The molecule has 62 heavy (non-hydrogen) atoms. The summed E-state index contributed by atoms with van der Waals surface area (Å²) < 4.78 is 53.0. The molecule has 2 aromatic heterocycles. The van der Waals surface area contributed by atoms with Gasteiger partial charge in [0.05, 0.1) is 16.6 Å². The lowest BCUT2D eigenvalue weighted by molar-refractivity contribution is -0.128. The van der Waals surface area contributed by atoms with Crippen molar-refractivity contribution in [1.82, 2.24) is 34.1 Å². The molecular weight excluding hydrogens is 806 g/mol. The number of anilines is 1. The van der Waals surface area contributed by atoms with Gasteiger partial charge in [0.25, 0.3) is 5.91 Å². The van der Waals surface area contributed by atoms with Crippen molar-refractivity contribution in [2.45, 2.75) is 45.3 Å². The highest BCUT2D eigenvalue weighted by molar-refractivity contribution is 6.05. The number of nitrogens with one attached hydrogen (secondary N) is 2. The van der Waals surface area contributed by atoms with Crippen molar-refractivity contribution >= 4 is 57.2 Å². The molecule has 1 saturated heterocycles. The number of aryl methyl sites for hydroxylation is 1. The second kappa shape index (κ2) is 18.3. The summed E-state index contributed by atoms with van der Waals surface area (Å²) in [7, 11) is 6.32. The van der Waals surface area contributed by atoms with E-state index in [0.29, 0.717) is 79.8 Å². The first-order valence-corrected chi connectivity index (χ1v) is 20.6. The van der Waals surface area contributed by atoms with Gasteiger partial charge in [0.1, 0.15) is 23.8 Å². The Hall–Kier alpha value is -6.36. The van der Waals surface area contributed by atoms with Crippen LogP contribution in [0.5, 0.6) is 5.75 Å². The van der Waals surface area contributed by atoms with E-state index in [9.17, 15) is 32.8 Å². The molecule has 7 rings (SSSR count). The predicted molar refractivity (Wildman–Crippen MR) is 231 cm³/mol. The third-order valence-corrected chi connectivity index (χ3v) is 11.9. The molecule has 14 nitrogen and oxygen atoms in total. The number of benzene rings is 3. The average Bonchev–Trinajstić information content (AvgIpc) is 3.82. The molecule has 0 radical (unpaired) electrons. The highest BCUT2D eigenvalue weighted by atomic mass is 19.3. The van der Waals surface area contributed by atoms with Crippen LogP contribution in [-0.2, 0) is 27.9 Å². The third kappa shape index (κ3) is 8.58. The zero-order chi connectivity index (χ0) is 44.4. The van der Waals surface area contributed by atoms with Gasteiger partial charge in [-0.15, -0.1) is 0 Å². The molecule has 1 fully saturated rings. The molecule has 2 aliphatic rings. The number of aromatic nitrogens is 3. The topological polar surface area (TPSA) is 145 Å². The number of H-pyrrole nitrogens is 1. The van der Waals surface area contributed by atoms with E-state index < -0.39 is 24.4 Å². The molecule has 0 bridgehead atoms. The molecule has 17 heteroatoms. The minimum absolute atomic E-state index is 0.0328. The number of aldehydes is 1. The number of ether oxygens (including phenoxy) is 1. The number of carbonyl (C=O) groups is 4. The van der Waals surface area contributed by atoms with Crippen LogP contribution >= 0.6 is 0 Å². The number of aromatic amines is 1. The van der Waals surface area contributed by atoms with Crippen molar-refractivity contribution in [2.24, 2.45) is 7.05 Å². The van der Waals surface area contributed by atoms with Crippen LogP contribution in [0.3, 0.4) is 0 Å². The van der Waals surface area contributed by atoms with E-state index in [1.54, 1.807) is 48.8 Å². The highest BCUT2D eigenvalue weighted by Gasteiger charge is 2.28. The SMILES string of the molecule is CNC(=O)C(CCC=O)n1c(=O)n(C)c2c(CCN3CCN(c4ccc(-c5cc(C6=CCCN(C(C)=O)C6)c(F)c6[nH]c(C(=O)N(C)C)cc56)c(OC(F)F)c4)CC3)cccc21. The summed E-state index contributed by atoms with van der Waals surface area (Å²) in [5.74, 6) is -1.63. The van der Waals surface area contributed by atoms with E-state index in [4.69, 9.17) is 4.74 Å². The van der Waals surface area contributed by atoms with Crippen molar-refractivity contribution in [3.8, 4) is 16.9 Å². The molecule has 1 atom stereocenters. The number of alkyl halides is 2. The zero-order valence-electron chi connectivity index (χ0n) is 35.5. The van der Waals surface area contributed by atoms with E-state index in [2.05, 4.69) is 20.1 Å². The van der Waals surface area contributed by atoms with E-state index in [-0.39, 0.29) is 65.0 Å². The lowest BCUT2D eigenvalue weighted by Gasteiger charge is -2.36. The number of likely N-dealkylation sites (N-methyl/N-ethyl adjacent to an activating group) is 1. The first kappa shape index (κ1) is 43.7. The van der Waals surface area contributed by atoms with Gasteiger partial charge < -0.3 is 34.5 Å². The third-order valence-electron chi connectivity index (χ3n) is 11.9. The summed E-state index contributed by atoms with van der Waals surface area (Å²) in [4.78, 5) is 73.1. The Labute approximate surface area is 356 Å². The summed E-state index contributed by atoms with van der Waals surface area (Å²) in [6, 6.07) is 13.0. The van der Waals surface area contributed by atoms with Crippen molar-refractivity contribution in [2.75, 3.05) is 71.9 Å². The second-order valence-electron chi connectivity index (χ2n) is 15.9. The Bertz CT molecular complexity index is 2620. The number of fused-ring (bicyclic) bond motifs is 2. The van der Waals surface area contributed by atoms with Crippen LogP contribution in [0.25, 0.3) is 38.6 Å². The summed E-state index contributed by atoms with van der Waals surface area (Å²) in [5.41, 5.74) is 4.16. The Kier molecular flexibility index (Phi) is 12.9. The monoisotopic (exact) mass is 856 g/mol. The Morgan fingerprint density at radius 3 is 2.44 bits per heavy atom. The minimum atomic E-state index is -3.16. The fourth-order valence-electron chi connectivity index (χ4n) is 8.71. The smallest absolute Gasteiger partial charge is 0.387 e. The number of hydrogen-bond donors (Lipinski definition) is 2. The van der Waals surface area contributed by atoms with Crippen molar-refractivity contribution < 1.29 is 37.1 Å². The first-order valence-electron chi connectivity index (χ1n) is 20.6. The van der Waals surface area contributed by atoms with Crippen molar-refractivity contribution in [3.05, 3.63) is 87.7 Å². The predicted octanol–water partition coefficient (Wildman–Crippen LogP) is 5.20. The average molecular weight is 857 g/mol. The molecular formula is C45H51F3N8O6. The molecule has 3 aromatic carbocycles. The number of rotatable bonds is 14. The number of imidazole rings is 1. The second-order valence-corrected chi connectivity index (χ2v) is 15.9. The molecule has 4 heterocycles. The standard InChI is InChI=1S/C45H51F3N8O6/c1-27(58)55-16-7-10-29(26-55)32-24-33(34-25-35(43(60)51(3)4)50-40(34)39(32)46)31-14-13-30(23-38(31)62-44(47)48)54-20-18-53(19-21-54)17-15-28-9-6-11-36-41(28)52(5)45(61)56(36)37(12-8-22-57)42(59)49-2/h6,9-11,13-14,22-25,37,44,50H,7-8,12,15-21,26H2,1-5H3,(H,49,59). The molecule has 3 amide bonds. The van der Waals surface area contributed by atoms with Crippen molar-refractivity contribution in [1.29, 1.82) is 0 Å². The molecule has 328 valence electrons. The van der Waals surface area contributed by atoms with Crippen LogP contribution in [0.2, 0.25) is 0 Å². The van der Waals surface area contributed by atoms with Gasteiger partial charge in [-0.05, 0) is 66.3 Å². The highest BCUT2D eigenvalue weighted by Crippen LogP contribution is 2.42. The van der Waals surface area contributed by atoms with Crippen LogP contribution in [0.1, 0.15) is 53.8 Å². The number of halogens is 3. The van der Waals surface area contributed by atoms with Gasteiger partial charge in [-0.1, -0.05) is 18.2 Å². The van der Waals surface area contributed by atoms with Crippen LogP contribution < -0.4 is 20.6 Å². The number of para-hydroxylation sites is 1. The van der Waals surface area contributed by atoms with Crippen LogP contribution in [0.15, 0.2) is 59.4 Å². The fourth-order valence-corrected chi connectivity index (χ4v) is 8.71. The Morgan fingerprint density at radius 2 is 1.76 bits per heavy atom. The van der Waals surface area contributed by atoms with Crippen molar-refractivity contribution in [3.63, 3.8) is 0 Å². The molecule has 1 unspecified atom stereocenters. The lowest BCUT2D eigenvalue weighted by Crippen LogP contribution is -2.47. The van der Waals surface area contributed by atoms with Gasteiger partial charge in [-0.2, -0.15) is 8.78 Å². The fraction of sp³-hybridized carbons (Fsp3) is 0.400. The lowest BCUT2D eigenvalue weighted by atomic mass is 9.92. The summed E-state index contributed by atoms with van der Waals surface area (Å²) in [6.45, 7) is 2.10. The van der Waals surface area contributed by atoms with Gasteiger partial charge in [0.15, 0.2) is 5.82 Å². The van der Waals surface area contributed by atoms with Gasteiger partial charge in [-0.25, -0.2) is 9.18 Å². The number of carbonyl (C=O) groups excluding carboxylic acids is 4. The number of piperazine rings is 1. The largest absolute Gasteiger partial charge is 0.434 e. The normalized spacial score (nSPS) is 15.3. The van der Waals surface area contributed by atoms with Gasteiger partial charge >= 0.3 is 12.3 Å². The zero-order valence-corrected chi connectivity index (χ0v) is 35.5. The van der Waals surface area contributed by atoms with Gasteiger partial charge in [-0.3, -0.25) is 28.4 Å². The van der Waals surface area contributed by atoms with E-state index in [0.717, 1.165) is 17.4 Å². The molecule has 0 aliphatic carbocycles. The first-order chi connectivity index (χ1) is 29.7. The minimum Gasteiger partial charge on any atom is -0.434 e. The summed E-state index contributed by atoms with van der Waals surface area (Å²) >= 11 is 0. The maximum atomic E-state index is 16.5. The number of nitrogens with zero attached hydrogens (tertiary/aromatic N) is 6. The van der Waals surface area contributed by atoms with Gasteiger partial charge in [0, 0.05) is 116 Å². The maximum absolute atomic E-state index is 16.5. The van der Waals surface area contributed by atoms with Crippen LogP contribution in [-0.4, -0.2) is 126 Å². The van der Waals surface area contributed by atoms with E-state index in [1.807, 2.05) is 30.3 Å². The molecule has 2 N–H and O–H groups in total. The molecule has 5 aromatic rings. The molecule has 2 aliphatic heterocycles. The maximum Gasteiger partial charge on any atom is 0.387 e. The molecule has 0 saturated carbocycles. The van der Waals surface area contributed by atoms with E-state index in [1.165, 1.54) is 29.5 Å². The Balaban J connectivity index is 1.14. The number of hydrogen-bond acceptors (Lipinski definition) is 8.